The lowest BCUT2D eigenvalue weighted by Crippen LogP contribution is -2.30. The third kappa shape index (κ3) is 71.1. The highest BCUT2D eigenvalue weighted by molar-refractivity contribution is 7.47. The molecule has 0 amide bonds. The van der Waals surface area contributed by atoms with Gasteiger partial charge >= 0.3 is 39.5 Å². The molecule has 0 aliphatic carbocycles. The van der Waals surface area contributed by atoms with E-state index in [1.54, 1.807) is 0 Å². The predicted molar refractivity (Wildman–Crippen MR) is 400 cm³/mol. The Balaban J connectivity index is 5.27. The van der Waals surface area contributed by atoms with Gasteiger partial charge in [0.25, 0.3) is 0 Å². The second-order valence-electron chi connectivity index (χ2n) is 29.6. The van der Waals surface area contributed by atoms with Crippen molar-refractivity contribution in [2.45, 2.75) is 426 Å². The van der Waals surface area contributed by atoms with Crippen LogP contribution in [0.15, 0.2) is 0 Å². The highest BCUT2D eigenvalue weighted by Gasteiger charge is 2.30. The van der Waals surface area contributed by atoms with Crippen molar-refractivity contribution in [2.75, 3.05) is 39.6 Å². The third-order valence-corrected chi connectivity index (χ3v) is 20.6. The molecule has 17 nitrogen and oxygen atoms in total. The average Bonchev–Trinajstić information content (AvgIpc) is 1.03. The number of carbonyl (C=O) groups is 4. The van der Waals surface area contributed by atoms with Crippen LogP contribution in [0.4, 0.5) is 0 Å². The zero-order valence-electron chi connectivity index (χ0n) is 64.3. The Labute approximate surface area is 600 Å². The minimum absolute atomic E-state index is 0.106. The second kappa shape index (κ2) is 69.4. The number of esters is 4. The number of hydrogen-bond acceptors (Lipinski definition) is 15. The Morgan fingerprint density at radius 2 is 0.520 bits per heavy atom. The molecule has 6 atom stereocenters. The number of aliphatic hydroxyl groups excluding tert-OH is 1. The number of ether oxygens (including phenoxy) is 4. The summed E-state index contributed by atoms with van der Waals surface area (Å²) in [5, 5.41) is 10.6. The van der Waals surface area contributed by atoms with Gasteiger partial charge in [-0.1, -0.05) is 357 Å². The van der Waals surface area contributed by atoms with E-state index >= 15 is 0 Å². The van der Waals surface area contributed by atoms with E-state index in [2.05, 4.69) is 48.5 Å². The number of phosphoric ester groups is 2. The van der Waals surface area contributed by atoms with Gasteiger partial charge in [0.15, 0.2) is 12.2 Å². The predicted octanol–water partition coefficient (Wildman–Crippen LogP) is 23.4. The van der Waals surface area contributed by atoms with Crippen molar-refractivity contribution in [2.24, 2.45) is 17.8 Å². The van der Waals surface area contributed by atoms with Crippen molar-refractivity contribution in [3.8, 4) is 0 Å². The Morgan fingerprint density at radius 3 is 0.776 bits per heavy atom. The molecule has 0 fully saturated rings. The van der Waals surface area contributed by atoms with Crippen LogP contribution in [0.5, 0.6) is 0 Å². The molecule has 19 heteroatoms. The van der Waals surface area contributed by atoms with E-state index in [0.29, 0.717) is 25.7 Å². The standard InChI is InChI=1S/C79H154O17P2/c1-8-10-11-12-13-14-15-16-17-18-19-20-21-26-32-41-48-55-62-78(83)95-74(66-89-76(81)60-53-46-39-31-27-22-24-29-36-43-50-57-70(3)4)68-93-97(85,86)91-64-73(80)65-92-98(87,88)94-69-75(67-90-77(82)61-54-47-40-35-34-38-45-52-59-72(7)9-2)96-79(84)63-56-49-42-33-28-23-25-30-37-44-51-58-71(5)6/h70-75,80H,8-69H2,1-7H3,(H,85,86)(H,87,88)/t72?,73-,74-,75-/m1/s1. The first-order valence-electron chi connectivity index (χ1n) is 40.9. The van der Waals surface area contributed by atoms with E-state index in [9.17, 15) is 43.2 Å². The largest absolute Gasteiger partial charge is 0.472 e. The summed E-state index contributed by atoms with van der Waals surface area (Å²) in [6, 6.07) is 0. The Bertz CT molecular complexity index is 1910. The molecule has 0 spiro atoms. The summed E-state index contributed by atoms with van der Waals surface area (Å²) in [5.41, 5.74) is 0. The topological polar surface area (TPSA) is 237 Å². The Hall–Kier alpha value is -1.94. The van der Waals surface area contributed by atoms with E-state index in [-0.39, 0.29) is 25.7 Å². The van der Waals surface area contributed by atoms with Crippen molar-refractivity contribution in [1.82, 2.24) is 0 Å². The van der Waals surface area contributed by atoms with Gasteiger partial charge in [0.2, 0.25) is 0 Å². The molecule has 582 valence electrons. The number of phosphoric acid groups is 2. The van der Waals surface area contributed by atoms with E-state index in [1.807, 2.05) is 0 Å². The molecule has 0 aliphatic rings. The van der Waals surface area contributed by atoms with Crippen LogP contribution in [-0.2, 0) is 65.4 Å². The molecule has 3 unspecified atom stereocenters. The molecule has 0 aromatic carbocycles. The van der Waals surface area contributed by atoms with Crippen molar-refractivity contribution in [1.29, 1.82) is 0 Å². The van der Waals surface area contributed by atoms with Crippen molar-refractivity contribution >= 4 is 39.5 Å². The van der Waals surface area contributed by atoms with E-state index in [4.69, 9.17) is 37.0 Å². The number of aliphatic hydroxyl groups is 1. The van der Waals surface area contributed by atoms with Crippen LogP contribution < -0.4 is 0 Å². The minimum atomic E-state index is -4.96. The fraction of sp³-hybridized carbons (Fsp3) is 0.949. The highest BCUT2D eigenvalue weighted by Crippen LogP contribution is 2.45. The maximum atomic E-state index is 13.1. The van der Waals surface area contributed by atoms with Crippen LogP contribution in [0.25, 0.3) is 0 Å². The van der Waals surface area contributed by atoms with Gasteiger partial charge in [0, 0.05) is 25.7 Å². The minimum Gasteiger partial charge on any atom is -0.462 e. The third-order valence-electron chi connectivity index (χ3n) is 18.7. The Morgan fingerprint density at radius 1 is 0.296 bits per heavy atom. The summed E-state index contributed by atoms with van der Waals surface area (Å²) in [6.07, 6.45) is 56.8. The van der Waals surface area contributed by atoms with Crippen LogP contribution in [0, 0.1) is 17.8 Å². The van der Waals surface area contributed by atoms with E-state index < -0.39 is 97.5 Å². The molecule has 3 N–H and O–H groups in total. The van der Waals surface area contributed by atoms with Gasteiger partial charge < -0.3 is 33.8 Å². The molecular weight excluding hydrogens is 1280 g/mol. The zero-order valence-corrected chi connectivity index (χ0v) is 66.0. The molecule has 0 bridgehead atoms. The van der Waals surface area contributed by atoms with Crippen LogP contribution >= 0.6 is 15.6 Å². The number of unbranched alkanes of at least 4 members (excludes halogenated alkanes) is 44. The summed E-state index contributed by atoms with van der Waals surface area (Å²) < 4.78 is 68.7. The molecule has 0 saturated heterocycles. The smallest absolute Gasteiger partial charge is 0.462 e. The van der Waals surface area contributed by atoms with Gasteiger partial charge in [-0.3, -0.25) is 37.3 Å². The quantitative estimate of drug-likeness (QED) is 0.0222. The zero-order chi connectivity index (χ0) is 72.3. The summed E-state index contributed by atoms with van der Waals surface area (Å²) in [6.45, 7) is 11.9. The maximum absolute atomic E-state index is 13.1. The average molecular weight is 1440 g/mol. The molecule has 0 heterocycles. The molecule has 0 aliphatic heterocycles. The van der Waals surface area contributed by atoms with Gasteiger partial charge in [0.1, 0.15) is 19.3 Å². The van der Waals surface area contributed by atoms with Gasteiger partial charge in [-0.2, -0.15) is 0 Å². The molecule has 0 saturated carbocycles. The summed E-state index contributed by atoms with van der Waals surface area (Å²) in [7, 11) is -9.92. The number of hydrogen-bond donors (Lipinski definition) is 3. The lowest BCUT2D eigenvalue weighted by molar-refractivity contribution is -0.161. The number of rotatable bonds is 77. The molecule has 98 heavy (non-hydrogen) atoms. The first-order valence-corrected chi connectivity index (χ1v) is 43.9. The van der Waals surface area contributed by atoms with Crippen LogP contribution in [-0.4, -0.2) is 96.7 Å². The molecule has 0 aromatic rings. The maximum Gasteiger partial charge on any atom is 0.472 e. The van der Waals surface area contributed by atoms with Crippen molar-refractivity contribution in [3.63, 3.8) is 0 Å². The SMILES string of the molecule is CCCCCCCCCCCCCCCCCCCCC(=O)O[C@H](COC(=O)CCCCCCCCCCCCCC(C)C)COP(=O)(O)OC[C@@H](O)COP(=O)(O)OC[C@@H](COC(=O)CCCCCCCCCCC(C)CC)OC(=O)CCCCCCCCCCCCCC(C)C. The first kappa shape index (κ1) is 96.1. The van der Waals surface area contributed by atoms with Gasteiger partial charge in [-0.05, 0) is 43.4 Å². The van der Waals surface area contributed by atoms with E-state index in [0.717, 1.165) is 108 Å². The lowest BCUT2D eigenvalue weighted by Gasteiger charge is -2.21. The highest BCUT2D eigenvalue weighted by atomic mass is 31.2. The van der Waals surface area contributed by atoms with Crippen LogP contribution in [0.2, 0.25) is 0 Å². The monoisotopic (exact) mass is 1440 g/mol. The van der Waals surface area contributed by atoms with Gasteiger partial charge in [0.05, 0.1) is 26.4 Å². The summed E-state index contributed by atoms with van der Waals surface area (Å²) in [5.74, 6) is 0.201. The fourth-order valence-corrected chi connectivity index (χ4v) is 13.7. The van der Waals surface area contributed by atoms with Crippen molar-refractivity contribution < 1.29 is 80.2 Å². The van der Waals surface area contributed by atoms with Gasteiger partial charge in [-0.15, -0.1) is 0 Å². The fourth-order valence-electron chi connectivity index (χ4n) is 12.1. The second-order valence-corrected chi connectivity index (χ2v) is 32.6. The molecule has 0 radical (unpaired) electrons. The molecule has 0 aromatic heterocycles. The van der Waals surface area contributed by atoms with Crippen LogP contribution in [0.1, 0.15) is 408 Å². The number of carbonyl (C=O) groups excluding carboxylic acids is 4. The normalized spacial score (nSPS) is 14.3. The van der Waals surface area contributed by atoms with E-state index in [1.165, 1.54) is 218 Å². The van der Waals surface area contributed by atoms with Crippen LogP contribution in [0.3, 0.4) is 0 Å². The van der Waals surface area contributed by atoms with Gasteiger partial charge in [-0.25, -0.2) is 9.13 Å². The Kier molecular flexibility index (Phi) is 68.1. The summed E-state index contributed by atoms with van der Waals surface area (Å²) in [4.78, 5) is 73.0. The lowest BCUT2D eigenvalue weighted by atomic mass is 9.99. The summed E-state index contributed by atoms with van der Waals surface area (Å²) >= 11 is 0. The molecular formula is C79H154O17P2. The first-order chi connectivity index (χ1) is 47.3. The molecule has 0 rings (SSSR count). The van der Waals surface area contributed by atoms with Crippen molar-refractivity contribution in [3.05, 3.63) is 0 Å².